The first kappa shape index (κ1) is 32.1. The van der Waals surface area contributed by atoms with Gasteiger partial charge in [-0.1, -0.05) is 64.4 Å². The van der Waals surface area contributed by atoms with Gasteiger partial charge < -0.3 is 27.4 Å². The van der Waals surface area contributed by atoms with Gasteiger partial charge in [-0.2, -0.15) is 0 Å². The van der Waals surface area contributed by atoms with Crippen molar-refractivity contribution in [1.82, 2.24) is 16.0 Å². The van der Waals surface area contributed by atoms with Crippen LogP contribution in [-0.2, 0) is 25.6 Å². The molecule has 0 saturated heterocycles. The Morgan fingerprint density at radius 3 is 2.22 bits per heavy atom. The number of hydrogen-bond donors (Lipinski definition) is 5. The number of carbonyl (C=O) groups excluding carboxylic acids is 4. The van der Waals surface area contributed by atoms with E-state index in [9.17, 15) is 19.2 Å². The van der Waals surface area contributed by atoms with Gasteiger partial charge in [-0.3, -0.25) is 19.2 Å². The van der Waals surface area contributed by atoms with E-state index in [0.717, 1.165) is 19.3 Å². The third kappa shape index (κ3) is 13.3. The van der Waals surface area contributed by atoms with Gasteiger partial charge in [0.15, 0.2) is 0 Å². The molecule has 37 heavy (non-hydrogen) atoms. The molecule has 1 aliphatic rings. The first-order valence-corrected chi connectivity index (χ1v) is 13.5. The maximum Gasteiger partial charge on any atom is 0.243 e. The van der Waals surface area contributed by atoms with Crippen LogP contribution in [0.1, 0.15) is 71.8 Å². The number of unbranched alkanes of at least 4 members (excludes halogenated alkanes) is 1. The van der Waals surface area contributed by atoms with Crippen molar-refractivity contribution in [2.45, 2.75) is 84.7 Å². The van der Waals surface area contributed by atoms with Gasteiger partial charge in [0.2, 0.25) is 23.6 Å². The summed E-state index contributed by atoms with van der Waals surface area (Å²) in [4.78, 5) is 49.3. The van der Waals surface area contributed by atoms with Crippen LogP contribution in [0.25, 0.3) is 0 Å². The number of carbonyl (C=O) groups is 4. The highest BCUT2D eigenvalue weighted by Gasteiger charge is 2.43. The Bertz CT molecular complexity index is 846. The topological polar surface area (TPSA) is 156 Å². The summed E-state index contributed by atoms with van der Waals surface area (Å²) in [5.74, 6) is -1.36. The van der Waals surface area contributed by atoms with Crippen LogP contribution < -0.4 is 27.4 Å². The Morgan fingerprint density at radius 2 is 1.65 bits per heavy atom. The van der Waals surface area contributed by atoms with Gasteiger partial charge in [-0.25, -0.2) is 0 Å². The standard InChI is InChI=1S/C25H39N5O4.C3H8/c1-16(2)12-21(23(27)32)29-22(31)15-28-25(34)20(10-6-7-11-26)30-24(33)19-14-18(19)13-17-8-4-3-5-9-17;1-3-2/h3-5,8-9,16,18-21H,6-7,10-15,26H2,1-2H3,(H2,27,32)(H,28,34)(H,29,31)(H,30,33);3H2,1-2H3/t18?,19?,20-,21-;/m0./s1. The van der Waals surface area contributed by atoms with E-state index in [1.165, 1.54) is 12.0 Å². The molecule has 1 saturated carbocycles. The van der Waals surface area contributed by atoms with E-state index >= 15 is 0 Å². The molecule has 1 aliphatic carbocycles. The summed E-state index contributed by atoms with van der Waals surface area (Å²) in [6.07, 6.45) is 5.14. The average Bonchev–Trinajstić information content (AvgIpc) is 3.61. The highest BCUT2D eigenvalue weighted by Crippen LogP contribution is 2.41. The predicted octanol–water partition coefficient (Wildman–Crippen LogP) is 2.03. The molecule has 0 heterocycles. The lowest BCUT2D eigenvalue weighted by Crippen LogP contribution is -2.52. The molecule has 7 N–H and O–H groups in total. The van der Waals surface area contributed by atoms with Crippen LogP contribution in [-0.4, -0.2) is 48.8 Å². The number of nitrogens with one attached hydrogen (secondary N) is 3. The zero-order valence-corrected chi connectivity index (χ0v) is 22.9. The summed E-state index contributed by atoms with van der Waals surface area (Å²) in [7, 11) is 0. The molecular weight excluding hydrogens is 470 g/mol. The SMILES string of the molecule is CC(C)C[C@H](NC(=O)CNC(=O)[C@H](CCCCN)NC(=O)C1CC1Cc1ccccc1)C(N)=O.CCC. The normalized spacial score (nSPS) is 17.6. The molecule has 9 heteroatoms. The molecule has 0 aliphatic heterocycles. The van der Waals surface area contributed by atoms with Crippen LogP contribution in [0.4, 0.5) is 0 Å². The smallest absolute Gasteiger partial charge is 0.243 e. The minimum Gasteiger partial charge on any atom is -0.368 e. The van der Waals surface area contributed by atoms with Gasteiger partial charge in [-0.05, 0) is 62.5 Å². The number of nitrogens with two attached hydrogens (primary N) is 2. The molecule has 0 spiro atoms. The number of amides is 4. The molecule has 2 rings (SSSR count). The van der Waals surface area contributed by atoms with Gasteiger partial charge in [0.1, 0.15) is 12.1 Å². The van der Waals surface area contributed by atoms with E-state index < -0.39 is 29.8 Å². The second-order valence-corrected chi connectivity index (χ2v) is 10.2. The molecule has 1 aromatic rings. The maximum atomic E-state index is 12.8. The van der Waals surface area contributed by atoms with E-state index in [0.29, 0.717) is 25.8 Å². The zero-order valence-electron chi connectivity index (χ0n) is 22.9. The van der Waals surface area contributed by atoms with Crippen molar-refractivity contribution in [3.8, 4) is 0 Å². The Morgan fingerprint density at radius 1 is 1.00 bits per heavy atom. The molecule has 0 aromatic heterocycles. The monoisotopic (exact) mass is 517 g/mol. The average molecular weight is 518 g/mol. The van der Waals surface area contributed by atoms with Crippen LogP contribution in [0, 0.1) is 17.8 Å². The molecule has 1 aromatic carbocycles. The van der Waals surface area contributed by atoms with Crippen molar-refractivity contribution in [3.05, 3.63) is 35.9 Å². The molecule has 0 radical (unpaired) electrons. The molecule has 0 bridgehead atoms. The Labute approximate surface area is 221 Å². The van der Waals surface area contributed by atoms with Crippen LogP contribution in [0.15, 0.2) is 30.3 Å². The summed E-state index contributed by atoms with van der Waals surface area (Å²) in [6.45, 7) is 8.28. The second kappa shape index (κ2) is 17.5. The van der Waals surface area contributed by atoms with E-state index in [1.807, 2.05) is 44.2 Å². The van der Waals surface area contributed by atoms with Gasteiger partial charge in [0.05, 0.1) is 6.54 Å². The Hall–Kier alpha value is -2.94. The number of benzene rings is 1. The summed E-state index contributed by atoms with van der Waals surface area (Å²) >= 11 is 0. The third-order valence-electron chi connectivity index (χ3n) is 5.99. The fourth-order valence-corrected chi connectivity index (χ4v) is 4.01. The Balaban J connectivity index is 0.00000217. The van der Waals surface area contributed by atoms with Crippen molar-refractivity contribution in [3.63, 3.8) is 0 Å². The molecule has 9 nitrogen and oxygen atoms in total. The number of primary amides is 1. The Kier molecular flexibility index (Phi) is 15.2. The first-order valence-electron chi connectivity index (χ1n) is 13.5. The molecule has 2 unspecified atom stereocenters. The van der Waals surface area contributed by atoms with Crippen LogP contribution in [0.2, 0.25) is 0 Å². The molecule has 1 fully saturated rings. The fourth-order valence-electron chi connectivity index (χ4n) is 4.01. The molecule has 208 valence electrons. The summed E-state index contributed by atoms with van der Waals surface area (Å²) in [5.41, 5.74) is 12.1. The second-order valence-electron chi connectivity index (χ2n) is 10.2. The van der Waals surface area contributed by atoms with Crippen molar-refractivity contribution < 1.29 is 19.2 Å². The van der Waals surface area contributed by atoms with E-state index in [4.69, 9.17) is 11.5 Å². The summed E-state index contributed by atoms with van der Waals surface area (Å²) in [5, 5.41) is 8.00. The zero-order chi connectivity index (χ0) is 27.8. The van der Waals surface area contributed by atoms with Crippen molar-refractivity contribution in [2.24, 2.45) is 29.2 Å². The molecule has 4 atom stereocenters. The largest absolute Gasteiger partial charge is 0.368 e. The number of hydrogen-bond acceptors (Lipinski definition) is 5. The molecule has 4 amide bonds. The number of rotatable bonds is 15. The van der Waals surface area contributed by atoms with Crippen LogP contribution >= 0.6 is 0 Å². The predicted molar refractivity (Wildman–Crippen MR) is 146 cm³/mol. The lowest BCUT2D eigenvalue weighted by molar-refractivity contribution is -0.131. The van der Waals surface area contributed by atoms with Gasteiger partial charge in [0, 0.05) is 5.92 Å². The van der Waals surface area contributed by atoms with Crippen molar-refractivity contribution in [1.29, 1.82) is 0 Å². The van der Waals surface area contributed by atoms with Crippen LogP contribution in [0.3, 0.4) is 0 Å². The first-order chi connectivity index (χ1) is 17.6. The van der Waals surface area contributed by atoms with Crippen molar-refractivity contribution in [2.75, 3.05) is 13.1 Å². The highest BCUT2D eigenvalue weighted by atomic mass is 16.2. The minimum absolute atomic E-state index is 0.110. The van der Waals surface area contributed by atoms with Gasteiger partial charge >= 0.3 is 0 Å². The lowest BCUT2D eigenvalue weighted by Gasteiger charge is -2.20. The summed E-state index contributed by atoms with van der Waals surface area (Å²) < 4.78 is 0. The summed E-state index contributed by atoms with van der Waals surface area (Å²) in [6, 6.07) is 8.48. The third-order valence-corrected chi connectivity index (χ3v) is 5.99. The van der Waals surface area contributed by atoms with E-state index in [2.05, 4.69) is 29.8 Å². The van der Waals surface area contributed by atoms with Crippen LogP contribution in [0.5, 0.6) is 0 Å². The van der Waals surface area contributed by atoms with E-state index in [-0.39, 0.29) is 30.2 Å². The van der Waals surface area contributed by atoms with Crippen molar-refractivity contribution >= 4 is 23.6 Å². The minimum atomic E-state index is -0.791. The quantitative estimate of drug-likeness (QED) is 0.225. The molecular formula is C28H47N5O4. The highest BCUT2D eigenvalue weighted by molar-refractivity contribution is 5.93. The van der Waals surface area contributed by atoms with Gasteiger partial charge in [0.25, 0.3) is 0 Å². The lowest BCUT2D eigenvalue weighted by atomic mass is 10.0. The maximum absolute atomic E-state index is 12.8. The van der Waals surface area contributed by atoms with Gasteiger partial charge in [-0.15, -0.1) is 0 Å². The van der Waals surface area contributed by atoms with E-state index in [1.54, 1.807) is 0 Å². The fraction of sp³-hybridized carbons (Fsp3) is 0.643.